The van der Waals surface area contributed by atoms with Gasteiger partial charge in [-0.2, -0.15) is 5.10 Å². The summed E-state index contributed by atoms with van der Waals surface area (Å²) >= 11 is 2.74. The lowest BCUT2D eigenvalue weighted by Gasteiger charge is -2.22. The van der Waals surface area contributed by atoms with Gasteiger partial charge in [0.15, 0.2) is 0 Å². The van der Waals surface area contributed by atoms with Gasteiger partial charge in [-0.15, -0.1) is 21.5 Å². The molecule has 1 aliphatic heterocycles. The maximum atomic E-state index is 13.2. The number of methoxy groups -OCH3 is 1. The zero-order chi connectivity index (χ0) is 22.6. The van der Waals surface area contributed by atoms with Crippen molar-refractivity contribution in [2.24, 2.45) is 5.10 Å². The van der Waals surface area contributed by atoms with Crippen LogP contribution in [0.5, 0.6) is 5.75 Å². The quantitative estimate of drug-likeness (QED) is 0.338. The summed E-state index contributed by atoms with van der Waals surface area (Å²) in [7, 11) is 1.63. The van der Waals surface area contributed by atoms with Gasteiger partial charge in [0.05, 0.1) is 29.5 Å². The molecule has 0 bridgehead atoms. The Labute approximate surface area is 199 Å². The second kappa shape index (κ2) is 9.60. The number of hydrogen-bond donors (Lipinski definition) is 0. The fraction of sp³-hybridized carbons (Fsp3) is 0.167. The molecule has 0 radical (unpaired) electrons. The molecular weight excluding hydrogens is 456 g/mol. The number of amides is 1. The smallest absolute Gasteiger partial charge is 0.277 e. The van der Waals surface area contributed by atoms with Crippen LogP contribution in [0.1, 0.15) is 23.6 Å². The molecule has 0 saturated heterocycles. The zero-order valence-electron chi connectivity index (χ0n) is 17.7. The highest BCUT2D eigenvalue weighted by atomic mass is 32.2. The molecule has 0 spiro atoms. The summed E-state index contributed by atoms with van der Waals surface area (Å²) in [5, 5.41) is 16.7. The van der Waals surface area contributed by atoms with Crippen LogP contribution in [0.3, 0.4) is 0 Å². The van der Waals surface area contributed by atoms with E-state index in [1.165, 1.54) is 23.1 Å². The second-order valence-electron chi connectivity index (χ2n) is 7.28. The van der Waals surface area contributed by atoms with E-state index >= 15 is 0 Å². The molecule has 1 atom stereocenters. The number of hydrazone groups is 1. The summed E-state index contributed by atoms with van der Waals surface area (Å²) < 4.78 is 11.0. The van der Waals surface area contributed by atoms with Crippen LogP contribution in [-0.4, -0.2) is 39.7 Å². The van der Waals surface area contributed by atoms with Crippen LogP contribution < -0.4 is 4.74 Å². The average Bonchev–Trinajstić information content (AvgIpc) is 3.64. The summed E-state index contributed by atoms with van der Waals surface area (Å²) in [5.41, 5.74) is 2.89. The number of thiophene rings is 1. The Hall–Kier alpha value is -3.43. The highest BCUT2D eigenvalue weighted by Crippen LogP contribution is 2.34. The first kappa shape index (κ1) is 21.4. The van der Waals surface area contributed by atoms with Gasteiger partial charge in [0, 0.05) is 6.42 Å². The molecule has 0 unspecified atom stereocenters. The maximum Gasteiger partial charge on any atom is 0.277 e. The molecule has 4 aromatic rings. The number of ether oxygens (including phenoxy) is 1. The number of rotatable bonds is 7. The van der Waals surface area contributed by atoms with Crippen LogP contribution >= 0.6 is 23.1 Å². The van der Waals surface area contributed by atoms with Gasteiger partial charge >= 0.3 is 0 Å². The highest BCUT2D eigenvalue weighted by molar-refractivity contribution is 7.99. The van der Waals surface area contributed by atoms with Crippen molar-refractivity contribution in [2.45, 2.75) is 17.7 Å². The van der Waals surface area contributed by atoms with E-state index in [1.807, 2.05) is 72.1 Å². The van der Waals surface area contributed by atoms with E-state index in [-0.39, 0.29) is 17.7 Å². The van der Waals surface area contributed by atoms with E-state index in [9.17, 15) is 4.79 Å². The molecule has 33 heavy (non-hydrogen) atoms. The molecule has 7 nitrogen and oxygen atoms in total. The van der Waals surface area contributed by atoms with Crippen LogP contribution in [0, 0.1) is 0 Å². The Morgan fingerprint density at radius 3 is 2.67 bits per heavy atom. The van der Waals surface area contributed by atoms with Crippen molar-refractivity contribution >= 4 is 34.7 Å². The van der Waals surface area contributed by atoms with Gasteiger partial charge in [0.25, 0.3) is 17.0 Å². The first-order valence-electron chi connectivity index (χ1n) is 10.3. The number of thioether (sulfide) groups is 1. The molecule has 3 heterocycles. The molecule has 9 heteroatoms. The first-order valence-corrected chi connectivity index (χ1v) is 12.2. The van der Waals surface area contributed by atoms with Crippen LogP contribution in [0.15, 0.2) is 86.9 Å². The van der Waals surface area contributed by atoms with Crippen molar-refractivity contribution < 1.29 is 13.9 Å². The van der Waals surface area contributed by atoms with Crippen molar-refractivity contribution in [3.63, 3.8) is 0 Å². The van der Waals surface area contributed by atoms with Gasteiger partial charge in [-0.3, -0.25) is 4.79 Å². The second-order valence-corrected chi connectivity index (χ2v) is 9.16. The molecule has 0 N–H and O–H groups in total. The Kier molecular flexibility index (Phi) is 6.23. The maximum absolute atomic E-state index is 13.2. The molecule has 0 saturated carbocycles. The molecule has 0 aliphatic carbocycles. The topological polar surface area (TPSA) is 80.8 Å². The Morgan fingerprint density at radius 2 is 1.94 bits per heavy atom. The standard InChI is InChI=1S/C24H20N4O3S2/c1-30-18-11-9-17(10-12-18)20-14-19(16-6-3-2-4-7-16)27-28(20)22(29)15-33-24-26-25-23(31-24)21-8-5-13-32-21/h2-13,20H,14-15H2,1H3/t20-/m1/s1. The number of hydrogen-bond acceptors (Lipinski definition) is 8. The number of carbonyl (C=O) groups excluding carboxylic acids is 1. The lowest BCUT2D eigenvalue weighted by Crippen LogP contribution is -2.28. The normalized spacial score (nSPS) is 15.5. The molecule has 1 amide bonds. The van der Waals surface area contributed by atoms with E-state index < -0.39 is 0 Å². The van der Waals surface area contributed by atoms with Crippen molar-refractivity contribution in [1.82, 2.24) is 15.2 Å². The van der Waals surface area contributed by atoms with Crippen LogP contribution in [-0.2, 0) is 4.79 Å². The van der Waals surface area contributed by atoms with Crippen molar-refractivity contribution in [2.75, 3.05) is 12.9 Å². The summed E-state index contributed by atoms with van der Waals surface area (Å²) in [6.45, 7) is 0. The Morgan fingerprint density at radius 1 is 1.12 bits per heavy atom. The third-order valence-electron chi connectivity index (χ3n) is 5.23. The monoisotopic (exact) mass is 476 g/mol. The Bertz CT molecular complexity index is 1250. The number of benzene rings is 2. The number of nitrogens with zero attached hydrogens (tertiary/aromatic N) is 4. The fourth-order valence-corrected chi connectivity index (χ4v) is 4.85. The molecule has 2 aromatic carbocycles. The van der Waals surface area contributed by atoms with Gasteiger partial charge in [-0.05, 0) is 34.7 Å². The first-order chi connectivity index (χ1) is 16.2. The zero-order valence-corrected chi connectivity index (χ0v) is 19.4. The molecule has 0 fully saturated rings. The summed E-state index contributed by atoms with van der Waals surface area (Å²) in [6, 6.07) is 21.3. The van der Waals surface area contributed by atoms with E-state index in [0.717, 1.165) is 27.5 Å². The van der Waals surface area contributed by atoms with Crippen molar-refractivity contribution in [1.29, 1.82) is 0 Å². The molecule has 5 rings (SSSR count). The van der Waals surface area contributed by atoms with Gasteiger partial charge in [-0.25, -0.2) is 5.01 Å². The van der Waals surface area contributed by atoms with Gasteiger partial charge in [0.2, 0.25) is 0 Å². The van der Waals surface area contributed by atoms with E-state index in [2.05, 4.69) is 10.2 Å². The summed E-state index contributed by atoms with van der Waals surface area (Å²) in [5.74, 6) is 1.25. The SMILES string of the molecule is COc1ccc([C@H]2CC(c3ccccc3)=NN2C(=O)CSc2nnc(-c3cccs3)o2)cc1. The summed E-state index contributed by atoms with van der Waals surface area (Å²) in [6.07, 6.45) is 0.635. The van der Waals surface area contributed by atoms with E-state index in [0.29, 0.717) is 17.5 Å². The third kappa shape index (κ3) is 4.69. The summed E-state index contributed by atoms with van der Waals surface area (Å²) in [4.78, 5) is 14.1. The van der Waals surface area contributed by atoms with Crippen molar-refractivity contribution in [3.8, 4) is 16.5 Å². The molecule has 2 aromatic heterocycles. The minimum absolute atomic E-state index is 0.123. The lowest BCUT2D eigenvalue weighted by atomic mass is 9.98. The van der Waals surface area contributed by atoms with Crippen molar-refractivity contribution in [3.05, 3.63) is 83.2 Å². The van der Waals surface area contributed by atoms with Crippen LogP contribution in [0.2, 0.25) is 0 Å². The molecule has 1 aliphatic rings. The minimum atomic E-state index is -0.191. The number of carbonyl (C=O) groups is 1. The predicted octanol–water partition coefficient (Wildman–Crippen LogP) is 5.28. The fourth-order valence-electron chi connectivity index (χ4n) is 3.59. The number of aromatic nitrogens is 2. The third-order valence-corrected chi connectivity index (χ3v) is 6.89. The predicted molar refractivity (Wildman–Crippen MR) is 129 cm³/mol. The lowest BCUT2D eigenvalue weighted by molar-refractivity contribution is -0.130. The van der Waals surface area contributed by atoms with Crippen LogP contribution in [0.25, 0.3) is 10.8 Å². The largest absolute Gasteiger partial charge is 0.497 e. The van der Waals surface area contributed by atoms with Gasteiger partial charge in [0.1, 0.15) is 5.75 Å². The van der Waals surface area contributed by atoms with E-state index in [1.54, 1.807) is 12.1 Å². The Balaban J connectivity index is 1.34. The average molecular weight is 477 g/mol. The van der Waals surface area contributed by atoms with E-state index in [4.69, 9.17) is 14.3 Å². The minimum Gasteiger partial charge on any atom is -0.497 e. The molecular formula is C24H20N4O3S2. The van der Waals surface area contributed by atoms with Crippen LogP contribution in [0.4, 0.5) is 0 Å². The van der Waals surface area contributed by atoms with Gasteiger partial charge < -0.3 is 9.15 Å². The highest BCUT2D eigenvalue weighted by Gasteiger charge is 2.33. The molecule has 166 valence electrons. The van der Waals surface area contributed by atoms with Gasteiger partial charge in [-0.1, -0.05) is 60.3 Å².